The highest BCUT2D eigenvalue weighted by Gasteiger charge is 2.27. The molecule has 1 N–H and O–H groups in total. The normalized spacial score (nSPS) is 16.9. The summed E-state index contributed by atoms with van der Waals surface area (Å²) in [5.41, 5.74) is 0.673. The highest BCUT2D eigenvalue weighted by molar-refractivity contribution is 8.00. The fraction of sp³-hybridized carbons (Fsp3) is 0.409. The van der Waals surface area contributed by atoms with E-state index in [0.717, 1.165) is 23.8 Å². The molecule has 1 aliphatic heterocycles. The number of nitrogens with one attached hydrogen (secondary N) is 1. The largest absolute Gasteiger partial charge is 0.461 e. The molecule has 1 saturated carbocycles. The van der Waals surface area contributed by atoms with Crippen LogP contribution in [0, 0.1) is 0 Å². The van der Waals surface area contributed by atoms with E-state index in [2.05, 4.69) is 20.1 Å². The van der Waals surface area contributed by atoms with E-state index in [-0.39, 0.29) is 18.0 Å². The number of carbonyl (C=O) groups is 1. The van der Waals surface area contributed by atoms with Crippen LogP contribution in [-0.2, 0) is 4.79 Å². The molecule has 3 heterocycles. The molecule has 3 aromatic rings. The Morgan fingerprint density at radius 1 is 1.16 bits per heavy atom. The molecule has 162 valence electrons. The van der Waals surface area contributed by atoms with Gasteiger partial charge in [0.2, 0.25) is 18.5 Å². The summed E-state index contributed by atoms with van der Waals surface area (Å²) in [7, 11) is 0. The molecule has 0 bridgehead atoms. The number of anilines is 1. The van der Waals surface area contributed by atoms with Gasteiger partial charge in [0, 0.05) is 17.8 Å². The van der Waals surface area contributed by atoms with Gasteiger partial charge in [0.1, 0.15) is 0 Å². The minimum atomic E-state index is -0.360. The third-order valence-corrected chi connectivity index (χ3v) is 6.69. The molecule has 1 atom stereocenters. The van der Waals surface area contributed by atoms with Crippen molar-refractivity contribution >= 4 is 23.4 Å². The molecule has 1 aromatic carbocycles. The van der Waals surface area contributed by atoms with Gasteiger partial charge in [0.05, 0.1) is 11.5 Å². The number of hydrogen-bond donors (Lipinski definition) is 1. The fourth-order valence-electron chi connectivity index (χ4n) is 4.03. The number of ether oxygens (including phenoxy) is 2. The zero-order valence-electron chi connectivity index (χ0n) is 17.2. The molecule has 31 heavy (non-hydrogen) atoms. The van der Waals surface area contributed by atoms with E-state index < -0.39 is 0 Å². The monoisotopic (exact) mass is 440 g/mol. The highest BCUT2D eigenvalue weighted by atomic mass is 32.2. The second-order valence-electron chi connectivity index (χ2n) is 7.76. The van der Waals surface area contributed by atoms with Gasteiger partial charge < -0.3 is 19.2 Å². The molecule has 1 aliphatic carbocycles. The molecule has 2 aromatic heterocycles. The zero-order valence-corrected chi connectivity index (χ0v) is 18.1. The van der Waals surface area contributed by atoms with Gasteiger partial charge in [-0.15, -0.1) is 10.2 Å². The lowest BCUT2D eigenvalue weighted by Crippen LogP contribution is -2.23. The van der Waals surface area contributed by atoms with Crippen LogP contribution in [0.3, 0.4) is 0 Å². The number of rotatable bonds is 6. The lowest BCUT2D eigenvalue weighted by atomic mass is 9.95. The minimum Gasteiger partial charge on any atom is -0.461 e. The summed E-state index contributed by atoms with van der Waals surface area (Å²) in [4.78, 5) is 12.9. The van der Waals surface area contributed by atoms with Crippen molar-refractivity contribution in [3.63, 3.8) is 0 Å². The molecule has 8 nitrogen and oxygen atoms in total. The maximum Gasteiger partial charge on any atom is 0.237 e. The number of aromatic nitrogens is 3. The SMILES string of the molecule is C[C@H](Sc1nnc(-c2ccco2)n1C1CCCCC1)C(=O)Nc1ccc2c(c1)OCO2. The molecule has 0 saturated heterocycles. The zero-order chi connectivity index (χ0) is 21.2. The predicted molar refractivity (Wildman–Crippen MR) is 116 cm³/mol. The summed E-state index contributed by atoms with van der Waals surface area (Å²) in [6.45, 7) is 2.08. The van der Waals surface area contributed by atoms with Gasteiger partial charge in [-0.2, -0.15) is 0 Å². The van der Waals surface area contributed by atoms with Crippen LogP contribution in [-0.4, -0.2) is 32.7 Å². The Morgan fingerprint density at radius 2 is 2.00 bits per heavy atom. The highest BCUT2D eigenvalue weighted by Crippen LogP contribution is 2.37. The van der Waals surface area contributed by atoms with Crippen molar-refractivity contribution in [3.05, 3.63) is 36.6 Å². The smallest absolute Gasteiger partial charge is 0.237 e. The van der Waals surface area contributed by atoms with Crippen LogP contribution in [0.15, 0.2) is 46.2 Å². The van der Waals surface area contributed by atoms with Gasteiger partial charge in [0.15, 0.2) is 22.4 Å². The first-order valence-corrected chi connectivity index (χ1v) is 11.4. The first-order chi connectivity index (χ1) is 15.2. The second kappa shape index (κ2) is 8.66. The molecule has 5 rings (SSSR count). The number of nitrogens with zero attached hydrogens (tertiary/aromatic N) is 3. The predicted octanol–water partition coefficient (Wildman–Crippen LogP) is 4.89. The quantitative estimate of drug-likeness (QED) is 0.546. The molecular formula is C22H24N4O4S. The Bertz CT molecular complexity index is 1060. The van der Waals surface area contributed by atoms with E-state index in [1.54, 1.807) is 18.4 Å². The molecule has 2 aliphatic rings. The van der Waals surface area contributed by atoms with Crippen LogP contribution in [0.1, 0.15) is 45.1 Å². The number of fused-ring (bicyclic) bond motifs is 1. The molecule has 0 unspecified atom stereocenters. The van der Waals surface area contributed by atoms with Crippen LogP contribution in [0.25, 0.3) is 11.6 Å². The summed E-state index contributed by atoms with van der Waals surface area (Å²) in [6, 6.07) is 9.44. The Balaban J connectivity index is 1.34. The number of thioether (sulfide) groups is 1. The number of benzene rings is 1. The lowest BCUT2D eigenvalue weighted by molar-refractivity contribution is -0.115. The Morgan fingerprint density at radius 3 is 2.81 bits per heavy atom. The number of amides is 1. The minimum absolute atomic E-state index is 0.110. The average Bonchev–Trinajstić information content (AvgIpc) is 3.54. The van der Waals surface area contributed by atoms with Gasteiger partial charge >= 0.3 is 0 Å². The number of furan rings is 1. The summed E-state index contributed by atoms with van der Waals surface area (Å²) < 4.78 is 18.5. The summed E-state index contributed by atoms with van der Waals surface area (Å²) in [6.07, 6.45) is 7.43. The van der Waals surface area contributed by atoms with Crippen LogP contribution < -0.4 is 14.8 Å². The molecule has 1 fully saturated rings. The van der Waals surface area contributed by atoms with Crippen molar-refractivity contribution in [1.82, 2.24) is 14.8 Å². The Kier molecular flexibility index (Phi) is 5.59. The molecular weight excluding hydrogens is 416 g/mol. The van der Waals surface area contributed by atoms with Gasteiger partial charge in [-0.1, -0.05) is 31.0 Å². The van der Waals surface area contributed by atoms with Crippen molar-refractivity contribution < 1.29 is 18.7 Å². The molecule has 1 amide bonds. The van der Waals surface area contributed by atoms with Crippen LogP contribution in [0.5, 0.6) is 11.5 Å². The van der Waals surface area contributed by atoms with Crippen LogP contribution in [0.2, 0.25) is 0 Å². The Hall–Kier alpha value is -2.94. The van der Waals surface area contributed by atoms with Crippen LogP contribution in [0.4, 0.5) is 5.69 Å². The van der Waals surface area contributed by atoms with E-state index in [4.69, 9.17) is 13.9 Å². The summed E-state index contributed by atoms with van der Waals surface area (Å²) in [5, 5.41) is 12.2. The van der Waals surface area contributed by atoms with E-state index in [9.17, 15) is 4.79 Å². The van der Waals surface area contributed by atoms with E-state index >= 15 is 0 Å². The van der Waals surface area contributed by atoms with E-state index in [1.165, 1.54) is 31.0 Å². The molecule has 0 spiro atoms. The van der Waals surface area contributed by atoms with Gasteiger partial charge in [-0.05, 0) is 44.0 Å². The van der Waals surface area contributed by atoms with Crippen LogP contribution >= 0.6 is 11.8 Å². The third-order valence-electron chi connectivity index (χ3n) is 5.64. The number of hydrogen-bond acceptors (Lipinski definition) is 7. The van der Waals surface area contributed by atoms with Crippen molar-refractivity contribution in [2.75, 3.05) is 12.1 Å². The van der Waals surface area contributed by atoms with E-state index in [1.807, 2.05) is 25.1 Å². The van der Waals surface area contributed by atoms with Gasteiger partial charge in [0.25, 0.3) is 0 Å². The van der Waals surface area contributed by atoms with Crippen molar-refractivity contribution in [2.24, 2.45) is 0 Å². The summed E-state index contributed by atoms with van der Waals surface area (Å²) >= 11 is 1.41. The third kappa shape index (κ3) is 4.14. The lowest BCUT2D eigenvalue weighted by Gasteiger charge is -2.25. The first-order valence-electron chi connectivity index (χ1n) is 10.5. The van der Waals surface area contributed by atoms with Crippen molar-refractivity contribution in [2.45, 2.75) is 55.5 Å². The standard InChI is InChI=1S/C22H24N4O4S/c1-14(21(27)23-15-9-10-17-19(12-15)30-13-29-17)31-22-25-24-20(18-8-5-11-28-18)26(22)16-6-3-2-4-7-16/h5,8-12,14,16H,2-4,6-7,13H2,1H3,(H,23,27)/t14-/m0/s1. The maximum absolute atomic E-state index is 12.9. The first kappa shape index (κ1) is 20.0. The van der Waals surface area contributed by atoms with Crippen molar-refractivity contribution in [3.8, 4) is 23.1 Å². The molecule has 0 radical (unpaired) electrons. The van der Waals surface area contributed by atoms with Gasteiger partial charge in [-0.25, -0.2) is 0 Å². The second-order valence-corrected chi connectivity index (χ2v) is 9.07. The summed E-state index contributed by atoms with van der Waals surface area (Å²) in [5.74, 6) is 2.64. The number of carbonyl (C=O) groups excluding carboxylic acids is 1. The van der Waals surface area contributed by atoms with Crippen molar-refractivity contribution in [1.29, 1.82) is 0 Å². The topological polar surface area (TPSA) is 91.4 Å². The molecule has 9 heteroatoms. The Labute approximate surface area is 184 Å². The van der Waals surface area contributed by atoms with E-state index in [0.29, 0.717) is 29.0 Å². The fourth-order valence-corrected chi connectivity index (χ4v) is 4.95. The maximum atomic E-state index is 12.9. The van der Waals surface area contributed by atoms with Gasteiger partial charge in [-0.3, -0.25) is 9.36 Å². The average molecular weight is 441 g/mol.